The lowest BCUT2D eigenvalue weighted by atomic mass is 9.95. The summed E-state index contributed by atoms with van der Waals surface area (Å²) in [7, 11) is 1.47. The van der Waals surface area contributed by atoms with Gasteiger partial charge in [0.1, 0.15) is 17.3 Å². The summed E-state index contributed by atoms with van der Waals surface area (Å²) in [6.07, 6.45) is 0.604. The molecular formula is C23H22ClNO6. The number of aliphatic hydroxyl groups excluding tert-OH is 1. The van der Waals surface area contributed by atoms with E-state index in [-0.39, 0.29) is 21.9 Å². The third-order valence-corrected chi connectivity index (χ3v) is 5.20. The Bertz CT molecular complexity index is 1080. The minimum atomic E-state index is -0.863. The predicted octanol–water partition coefficient (Wildman–Crippen LogP) is 4.11. The maximum atomic E-state index is 12.9. The molecule has 1 unspecified atom stereocenters. The summed E-state index contributed by atoms with van der Waals surface area (Å²) < 4.78 is 10.3. The second kappa shape index (κ2) is 9.22. The first-order valence-corrected chi connectivity index (χ1v) is 10.1. The second-order valence-corrected chi connectivity index (χ2v) is 7.41. The molecule has 1 N–H and O–H groups in total. The van der Waals surface area contributed by atoms with Gasteiger partial charge in [0.2, 0.25) is 0 Å². The van der Waals surface area contributed by atoms with Crippen LogP contribution in [0.1, 0.15) is 37.4 Å². The fourth-order valence-electron chi connectivity index (χ4n) is 3.57. The van der Waals surface area contributed by atoms with Crippen LogP contribution in [0.3, 0.4) is 0 Å². The molecule has 3 rings (SSSR count). The highest BCUT2D eigenvalue weighted by Crippen LogP contribution is 2.41. The van der Waals surface area contributed by atoms with Crippen molar-refractivity contribution < 1.29 is 29.0 Å². The number of aliphatic hydroxyl groups is 1. The number of hydrogen-bond donors (Lipinski definition) is 1. The molecule has 1 atom stereocenters. The van der Waals surface area contributed by atoms with Crippen LogP contribution in [-0.2, 0) is 14.4 Å². The summed E-state index contributed by atoms with van der Waals surface area (Å²) in [5, 5.41) is 11.3. The van der Waals surface area contributed by atoms with Crippen LogP contribution in [0, 0.1) is 0 Å². The first-order valence-electron chi connectivity index (χ1n) is 9.69. The van der Waals surface area contributed by atoms with Gasteiger partial charge in [0, 0.05) is 19.0 Å². The molecule has 31 heavy (non-hydrogen) atoms. The highest BCUT2D eigenvalue weighted by atomic mass is 35.5. The predicted molar refractivity (Wildman–Crippen MR) is 115 cm³/mol. The van der Waals surface area contributed by atoms with E-state index in [9.17, 15) is 19.5 Å². The number of carbonyl (C=O) groups excluding carboxylic acids is 3. The minimum Gasteiger partial charge on any atom is -0.507 e. The molecule has 0 aliphatic carbocycles. The number of ketones is 1. The van der Waals surface area contributed by atoms with E-state index in [0.29, 0.717) is 24.3 Å². The third kappa shape index (κ3) is 4.41. The number of nitrogens with zero attached hydrogens (tertiary/aromatic N) is 1. The Kier molecular flexibility index (Phi) is 6.65. The van der Waals surface area contributed by atoms with Crippen LogP contribution in [0.2, 0.25) is 5.02 Å². The molecule has 0 aromatic heterocycles. The molecule has 1 fully saturated rings. The van der Waals surface area contributed by atoms with Crippen molar-refractivity contribution in [2.45, 2.75) is 26.3 Å². The zero-order chi connectivity index (χ0) is 22.7. The molecule has 1 amide bonds. The molecule has 8 heteroatoms. The Labute approximate surface area is 184 Å². The Balaban J connectivity index is 2.22. The highest BCUT2D eigenvalue weighted by Gasteiger charge is 2.46. The van der Waals surface area contributed by atoms with Crippen LogP contribution in [0.15, 0.2) is 48.0 Å². The number of benzene rings is 2. The summed E-state index contributed by atoms with van der Waals surface area (Å²) in [6, 6.07) is 10.3. The van der Waals surface area contributed by atoms with E-state index >= 15 is 0 Å². The van der Waals surface area contributed by atoms with Crippen LogP contribution in [0.4, 0.5) is 0 Å². The van der Waals surface area contributed by atoms with E-state index in [0.717, 1.165) is 0 Å². The number of ether oxygens (including phenoxy) is 2. The van der Waals surface area contributed by atoms with Crippen LogP contribution >= 0.6 is 11.6 Å². The number of Topliss-reactive ketones (excluding diaryl/α,β-unsaturated/α-hetero) is 1. The molecule has 1 aliphatic heterocycles. The van der Waals surface area contributed by atoms with Crippen molar-refractivity contribution in [1.82, 2.24) is 4.90 Å². The van der Waals surface area contributed by atoms with Crippen LogP contribution in [0.25, 0.3) is 5.76 Å². The molecule has 0 bridgehead atoms. The van der Waals surface area contributed by atoms with E-state index in [2.05, 4.69) is 0 Å². The van der Waals surface area contributed by atoms with Gasteiger partial charge in [-0.3, -0.25) is 14.4 Å². The van der Waals surface area contributed by atoms with Gasteiger partial charge < -0.3 is 19.5 Å². The Morgan fingerprint density at radius 1 is 1.16 bits per heavy atom. The van der Waals surface area contributed by atoms with Gasteiger partial charge in [-0.25, -0.2) is 0 Å². The number of esters is 1. The van der Waals surface area contributed by atoms with Gasteiger partial charge in [-0.2, -0.15) is 0 Å². The number of methoxy groups -OCH3 is 1. The molecular weight excluding hydrogens is 422 g/mol. The lowest BCUT2D eigenvalue weighted by molar-refractivity contribution is -0.139. The highest BCUT2D eigenvalue weighted by molar-refractivity contribution is 6.47. The van der Waals surface area contributed by atoms with Crippen molar-refractivity contribution >= 4 is 35.0 Å². The summed E-state index contributed by atoms with van der Waals surface area (Å²) >= 11 is 6.27. The van der Waals surface area contributed by atoms with E-state index in [1.54, 1.807) is 30.3 Å². The largest absolute Gasteiger partial charge is 0.507 e. The molecule has 7 nitrogen and oxygen atoms in total. The van der Waals surface area contributed by atoms with E-state index < -0.39 is 29.5 Å². The van der Waals surface area contributed by atoms with Gasteiger partial charge >= 0.3 is 5.97 Å². The fraction of sp³-hybridized carbons (Fsp3) is 0.261. The molecule has 1 heterocycles. The van der Waals surface area contributed by atoms with Crippen molar-refractivity contribution in [2.24, 2.45) is 0 Å². The zero-order valence-corrected chi connectivity index (χ0v) is 18.1. The second-order valence-electron chi connectivity index (χ2n) is 7.00. The van der Waals surface area contributed by atoms with Crippen molar-refractivity contribution in [3.05, 3.63) is 64.2 Å². The van der Waals surface area contributed by atoms with E-state index in [1.807, 2.05) is 6.92 Å². The molecule has 1 aliphatic rings. The Morgan fingerprint density at radius 2 is 1.90 bits per heavy atom. The third-order valence-electron chi connectivity index (χ3n) is 4.87. The van der Waals surface area contributed by atoms with Crippen molar-refractivity contribution in [1.29, 1.82) is 0 Å². The number of carbonyl (C=O) groups is 3. The SMILES string of the molecule is CCCN1C(=O)C(=O)/C(=C(/O)c2cc(OC)ccc2Cl)C1c1cccc(OC(C)=O)c1. The zero-order valence-electron chi connectivity index (χ0n) is 17.3. The van der Waals surface area contributed by atoms with Crippen LogP contribution in [0.5, 0.6) is 11.5 Å². The molecule has 2 aromatic rings. The molecule has 2 aromatic carbocycles. The van der Waals surface area contributed by atoms with Crippen LogP contribution < -0.4 is 9.47 Å². The standard InChI is InChI=1S/C23H22ClNO6/c1-4-10-25-20(14-6-5-7-16(11-14)31-13(2)26)19(22(28)23(25)29)21(27)17-12-15(30-3)8-9-18(17)24/h5-9,11-12,20,27H,4,10H2,1-3H3/b21-19+. The van der Waals surface area contributed by atoms with Crippen LogP contribution in [-0.4, -0.2) is 41.3 Å². The average Bonchev–Trinajstić information content (AvgIpc) is 2.98. The monoisotopic (exact) mass is 443 g/mol. The van der Waals surface area contributed by atoms with Gasteiger partial charge in [0.05, 0.1) is 23.7 Å². The quantitative estimate of drug-likeness (QED) is 0.237. The molecule has 162 valence electrons. The first-order chi connectivity index (χ1) is 14.8. The maximum absolute atomic E-state index is 12.9. The van der Waals surface area contributed by atoms with Crippen molar-refractivity contribution in [3.63, 3.8) is 0 Å². The lowest BCUT2D eigenvalue weighted by Crippen LogP contribution is -2.30. The summed E-state index contributed by atoms with van der Waals surface area (Å²) in [4.78, 5) is 38.5. The van der Waals surface area contributed by atoms with Gasteiger partial charge in [-0.1, -0.05) is 30.7 Å². The summed E-state index contributed by atoms with van der Waals surface area (Å²) in [5.41, 5.74) is 0.609. The number of likely N-dealkylation sites (tertiary alicyclic amines) is 1. The summed E-state index contributed by atoms with van der Waals surface area (Å²) in [6.45, 7) is 3.46. The molecule has 0 radical (unpaired) electrons. The lowest BCUT2D eigenvalue weighted by Gasteiger charge is -2.25. The van der Waals surface area contributed by atoms with Gasteiger partial charge in [-0.05, 0) is 42.3 Å². The van der Waals surface area contributed by atoms with Crippen molar-refractivity contribution in [2.75, 3.05) is 13.7 Å². The molecule has 1 saturated heterocycles. The molecule has 0 spiro atoms. The Hall–Kier alpha value is -3.32. The molecule has 0 saturated carbocycles. The van der Waals surface area contributed by atoms with Gasteiger partial charge in [0.25, 0.3) is 11.7 Å². The fourth-order valence-corrected chi connectivity index (χ4v) is 3.78. The van der Waals surface area contributed by atoms with E-state index in [4.69, 9.17) is 21.1 Å². The number of halogens is 1. The maximum Gasteiger partial charge on any atom is 0.308 e. The Morgan fingerprint density at radius 3 is 2.55 bits per heavy atom. The van der Waals surface area contributed by atoms with Gasteiger partial charge in [0.15, 0.2) is 0 Å². The summed E-state index contributed by atoms with van der Waals surface area (Å²) in [5.74, 6) is -1.72. The van der Waals surface area contributed by atoms with Gasteiger partial charge in [-0.15, -0.1) is 0 Å². The normalized spacial score (nSPS) is 17.7. The topological polar surface area (TPSA) is 93.1 Å². The number of amides is 1. The first kappa shape index (κ1) is 22.4. The van der Waals surface area contributed by atoms with E-state index in [1.165, 1.54) is 31.1 Å². The smallest absolute Gasteiger partial charge is 0.308 e. The average molecular weight is 444 g/mol. The number of hydrogen-bond acceptors (Lipinski definition) is 6. The minimum absolute atomic E-state index is 0.0893. The van der Waals surface area contributed by atoms with Crippen molar-refractivity contribution in [3.8, 4) is 11.5 Å². The number of rotatable bonds is 6.